The average Bonchev–Trinajstić information content (AvgIpc) is 2.35. The summed E-state index contributed by atoms with van der Waals surface area (Å²) < 4.78 is 30.7. The van der Waals surface area contributed by atoms with Crippen molar-refractivity contribution in [3.05, 3.63) is 17.5 Å². The molecule has 0 saturated carbocycles. The lowest BCUT2D eigenvalue weighted by Gasteiger charge is -2.12. The monoisotopic (exact) mass is 176 g/mol. The number of hydrogen-bond donors (Lipinski definition) is 1. The van der Waals surface area contributed by atoms with Gasteiger partial charge >= 0.3 is 0 Å². The number of halogens is 2. The highest BCUT2D eigenvalue weighted by atomic mass is 19.3. The van der Waals surface area contributed by atoms with Crippen LogP contribution in [0.5, 0.6) is 0 Å². The molecule has 1 aromatic heterocycles. The maximum atomic E-state index is 13.1. The SMILES string of the molecule is Cc1oncc1C(F)(F)CCN. The van der Waals surface area contributed by atoms with Gasteiger partial charge in [-0.2, -0.15) is 0 Å². The van der Waals surface area contributed by atoms with Crippen molar-refractivity contribution >= 4 is 0 Å². The second-order valence-electron chi connectivity index (χ2n) is 2.54. The second-order valence-corrected chi connectivity index (χ2v) is 2.54. The highest BCUT2D eigenvalue weighted by Gasteiger charge is 2.34. The third-order valence-corrected chi connectivity index (χ3v) is 1.60. The summed E-state index contributed by atoms with van der Waals surface area (Å²) in [4.78, 5) is 0. The number of hydrogen-bond acceptors (Lipinski definition) is 3. The minimum absolute atomic E-state index is 0.0579. The quantitative estimate of drug-likeness (QED) is 0.757. The number of nitrogens with zero attached hydrogens (tertiary/aromatic N) is 1. The van der Waals surface area contributed by atoms with Crippen LogP contribution < -0.4 is 5.73 Å². The summed E-state index contributed by atoms with van der Waals surface area (Å²) in [6.07, 6.45) is 0.653. The standard InChI is InChI=1S/C7H10F2N2O/c1-5-6(4-11-12-5)7(8,9)2-3-10/h4H,2-3,10H2,1H3. The summed E-state index contributed by atoms with van der Waals surface area (Å²) in [6.45, 7) is 1.39. The largest absolute Gasteiger partial charge is 0.361 e. The van der Waals surface area contributed by atoms with Gasteiger partial charge in [0.1, 0.15) is 5.76 Å². The third kappa shape index (κ3) is 1.61. The first-order chi connectivity index (χ1) is 5.58. The zero-order valence-electron chi connectivity index (χ0n) is 6.68. The van der Waals surface area contributed by atoms with Gasteiger partial charge in [-0.1, -0.05) is 5.16 Å². The van der Waals surface area contributed by atoms with Gasteiger partial charge in [0.05, 0.1) is 11.8 Å². The van der Waals surface area contributed by atoms with Gasteiger partial charge < -0.3 is 10.3 Å². The summed E-state index contributed by atoms with van der Waals surface area (Å²) in [7, 11) is 0. The lowest BCUT2D eigenvalue weighted by molar-refractivity contribution is -0.0120. The summed E-state index contributed by atoms with van der Waals surface area (Å²) in [5, 5.41) is 3.27. The van der Waals surface area contributed by atoms with E-state index in [9.17, 15) is 8.78 Å². The third-order valence-electron chi connectivity index (χ3n) is 1.60. The fourth-order valence-corrected chi connectivity index (χ4v) is 0.966. The van der Waals surface area contributed by atoms with Crippen LogP contribution in [0, 0.1) is 6.92 Å². The van der Waals surface area contributed by atoms with Crippen molar-refractivity contribution in [2.24, 2.45) is 5.73 Å². The molecule has 0 unspecified atom stereocenters. The molecule has 0 fully saturated rings. The van der Waals surface area contributed by atoms with Crippen LogP contribution in [0.25, 0.3) is 0 Å². The topological polar surface area (TPSA) is 52.0 Å². The first-order valence-electron chi connectivity index (χ1n) is 3.57. The van der Waals surface area contributed by atoms with Crippen LogP contribution in [0.4, 0.5) is 8.78 Å². The zero-order valence-corrected chi connectivity index (χ0v) is 6.68. The van der Waals surface area contributed by atoms with Gasteiger partial charge in [0.15, 0.2) is 0 Å². The van der Waals surface area contributed by atoms with Crippen LogP contribution in [0.2, 0.25) is 0 Å². The van der Waals surface area contributed by atoms with E-state index in [1.54, 1.807) is 0 Å². The maximum Gasteiger partial charge on any atom is 0.279 e. The Morgan fingerprint density at radius 3 is 2.75 bits per heavy atom. The summed E-state index contributed by atoms with van der Waals surface area (Å²) in [5.41, 5.74) is 4.87. The molecule has 12 heavy (non-hydrogen) atoms. The van der Waals surface area contributed by atoms with E-state index in [0.717, 1.165) is 6.20 Å². The summed E-state index contributed by atoms with van der Waals surface area (Å²) in [5.74, 6) is -2.77. The lowest BCUT2D eigenvalue weighted by atomic mass is 10.1. The van der Waals surface area contributed by atoms with Gasteiger partial charge in [-0.25, -0.2) is 8.78 Å². The molecule has 0 amide bonds. The Hall–Kier alpha value is -0.970. The minimum Gasteiger partial charge on any atom is -0.361 e. The highest BCUT2D eigenvalue weighted by molar-refractivity contribution is 5.17. The molecule has 0 aliphatic heterocycles. The number of aromatic nitrogens is 1. The Balaban J connectivity index is 2.88. The fourth-order valence-electron chi connectivity index (χ4n) is 0.966. The zero-order chi connectivity index (χ0) is 9.19. The Bertz CT molecular complexity index is 260. The molecule has 0 bridgehead atoms. The van der Waals surface area contributed by atoms with Crippen molar-refractivity contribution in [1.29, 1.82) is 0 Å². The van der Waals surface area contributed by atoms with Crippen LogP contribution in [0.15, 0.2) is 10.7 Å². The van der Waals surface area contributed by atoms with Gasteiger partial charge in [0, 0.05) is 6.42 Å². The van der Waals surface area contributed by atoms with Crippen molar-refractivity contribution in [1.82, 2.24) is 5.16 Å². The Labute approximate surface area is 68.5 Å². The molecular weight excluding hydrogens is 166 g/mol. The maximum absolute atomic E-state index is 13.1. The molecule has 0 saturated heterocycles. The molecule has 0 aromatic carbocycles. The lowest BCUT2D eigenvalue weighted by Crippen LogP contribution is -2.18. The van der Waals surface area contributed by atoms with Gasteiger partial charge in [-0.15, -0.1) is 0 Å². The Morgan fingerprint density at radius 2 is 2.33 bits per heavy atom. The van der Waals surface area contributed by atoms with E-state index < -0.39 is 5.92 Å². The van der Waals surface area contributed by atoms with Crippen LogP contribution in [-0.2, 0) is 5.92 Å². The number of aryl methyl sites for hydroxylation is 1. The van der Waals surface area contributed by atoms with E-state index in [4.69, 9.17) is 5.73 Å². The van der Waals surface area contributed by atoms with E-state index in [-0.39, 0.29) is 24.3 Å². The number of nitrogens with two attached hydrogens (primary N) is 1. The molecule has 0 spiro atoms. The van der Waals surface area contributed by atoms with Crippen LogP contribution in [0.1, 0.15) is 17.7 Å². The predicted molar refractivity (Wildman–Crippen MR) is 38.8 cm³/mol. The molecule has 3 nitrogen and oxygen atoms in total. The Kier molecular flexibility index (Phi) is 2.42. The average molecular weight is 176 g/mol. The van der Waals surface area contributed by atoms with Gasteiger partial charge in [-0.05, 0) is 13.5 Å². The van der Waals surface area contributed by atoms with E-state index in [1.165, 1.54) is 6.92 Å². The van der Waals surface area contributed by atoms with Crippen LogP contribution in [0.3, 0.4) is 0 Å². The molecule has 1 aromatic rings. The Morgan fingerprint density at radius 1 is 1.67 bits per heavy atom. The molecule has 0 aliphatic rings. The molecule has 0 radical (unpaired) electrons. The smallest absolute Gasteiger partial charge is 0.279 e. The van der Waals surface area contributed by atoms with E-state index >= 15 is 0 Å². The first kappa shape index (κ1) is 9.12. The molecule has 68 valence electrons. The number of rotatable bonds is 3. The predicted octanol–water partition coefficient (Wildman–Crippen LogP) is 1.42. The van der Waals surface area contributed by atoms with Crippen molar-refractivity contribution in [3.63, 3.8) is 0 Å². The molecular formula is C7H10F2N2O. The van der Waals surface area contributed by atoms with Gasteiger partial charge in [0.2, 0.25) is 0 Å². The molecule has 1 rings (SSSR count). The molecule has 0 atom stereocenters. The first-order valence-corrected chi connectivity index (χ1v) is 3.57. The van der Waals surface area contributed by atoms with Crippen molar-refractivity contribution in [2.45, 2.75) is 19.3 Å². The van der Waals surface area contributed by atoms with Gasteiger partial charge in [-0.3, -0.25) is 0 Å². The summed E-state index contributed by atoms with van der Waals surface area (Å²) >= 11 is 0. The van der Waals surface area contributed by atoms with Gasteiger partial charge in [0.25, 0.3) is 5.92 Å². The normalized spacial score (nSPS) is 12.0. The molecule has 2 N–H and O–H groups in total. The summed E-state index contributed by atoms with van der Waals surface area (Å²) in [6, 6.07) is 0. The van der Waals surface area contributed by atoms with Crippen molar-refractivity contribution in [2.75, 3.05) is 6.54 Å². The van der Waals surface area contributed by atoms with E-state index in [0.29, 0.717) is 0 Å². The highest BCUT2D eigenvalue weighted by Crippen LogP contribution is 2.32. The number of alkyl halides is 2. The van der Waals surface area contributed by atoms with Crippen molar-refractivity contribution in [3.8, 4) is 0 Å². The fraction of sp³-hybridized carbons (Fsp3) is 0.571. The van der Waals surface area contributed by atoms with E-state index in [1.807, 2.05) is 0 Å². The van der Waals surface area contributed by atoms with Crippen LogP contribution in [-0.4, -0.2) is 11.7 Å². The minimum atomic E-state index is -2.92. The molecule has 5 heteroatoms. The van der Waals surface area contributed by atoms with Crippen LogP contribution >= 0.6 is 0 Å². The molecule has 0 aliphatic carbocycles. The van der Waals surface area contributed by atoms with Crippen molar-refractivity contribution < 1.29 is 13.3 Å². The second kappa shape index (κ2) is 3.18. The molecule has 1 heterocycles. The van der Waals surface area contributed by atoms with E-state index in [2.05, 4.69) is 9.68 Å².